The van der Waals surface area contributed by atoms with Gasteiger partial charge in [-0.05, 0) is 19.8 Å². The largest absolute Gasteiger partial charge is 0.355 e. The molecule has 0 aromatic carbocycles. The highest BCUT2D eigenvalue weighted by Crippen LogP contribution is 2.21. The van der Waals surface area contributed by atoms with Crippen LogP contribution in [-0.4, -0.2) is 29.9 Å². The monoisotopic (exact) mass is 123 g/mol. The van der Waals surface area contributed by atoms with Crippen LogP contribution >= 0.6 is 0 Å². The number of fused-ring (bicyclic) bond motifs is 1. The summed E-state index contributed by atoms with van der Waals surface area (Å²) in [7, 11) is 0. The number of aliphatic imine (C=N–C) groups is 1. The smallest absolute Gasteiger partial charge is 0.0961 e. The molecule has 2 heteroatoms. The first-order valence-electron chi connectivity index (χ1n) is 3.47. The summed E-state index contributed by atoms with van der Waals surface area (Å²) in [5, 5.41) is 0. The quantitative estimate of drug-likeness (QED) is 0.463. The predicted molar refractivity (Wildman–Crippen MR) is 37.4 cm³/mol. The highest BCUT2D eigenvalue weighted by atomic mass is 15.3. The molecule has 2 aliphatic rings. The van der Waals surface area contributed by atoms with Crippen LogP contribution in [0.1, 0.15) is 13.3 Å². The van der Waals surface area contributed by atoms with Gasteiger partial charge in [0.25, 0.3) is 0 Å². The van der Waals surface area contributed by atoms with Crippen molar-refractivity contribution in [2.45, 2.75) is 19.4 Å². The molecule has 1 saturated heterocycles. The number of hydrogen-bond acceptors (Lipinski definition) is 2. The summed E-state index contributed by atoms with van der Waals surface area (Å²) in [6.07, 6.45) is 3.57. The van der Waals surface area contributed by atoms with Crippen LogP contribution in [0.15, 0.2) is 4.99 Å². The Kier molecular flexibility index (Phi) is 1.01. The van der Waals surface area contributed by atoms with Gasteiger partial charge in [0.1, 0.15) is 0 Å². The van der Waals surface area contributed by atoms with Gasteiger partial charge in [-0.15, -0.1) is 0 Å². The summed E-state index contributed by atoms with van der Waals surface area (Å²) >= 11 is 0. The summed E-state index contributed by atoms with van der Waals surface area (Å²) in [6.45, 7) is 4.25. The van der Waals surface area contributed by atoms with Crippen molar-refractivity contribution in [2.75, 3.05) is 13.1 Å². The van der Waals surface area contributed by atoms with Crippen molar-refractivity contribution in [1.82, 2.24) is 4.90 Å². The second kappa shape index (κ2) is 1.72. The first-order chi connectivity index (χ1) is 4.38. The number of rotatable bonds is 0. The molecule has 2 rings (SSSR count). The van der Waals surface area contributed by atoms with Gasteiger partial charge in [0.15, 0.2) is 0 Å². The molecule has 0 aromatic rings. The van der Waals surface area contributed by atoms with Crippen molar-refractivity contribution in [3.8, 4) is 0 Å². The molecule has 0 saturated carbocycles. The van der Waals surface area contributed by atoms with Gasteiger partial charge in [0, 0.05) is 6.54 Å². The molecule has 1 atom stereocenters. The number of hydrogen-bond donors (Lipinski definition) is 0. The number of amidine groups is 1. The summed E-state index contributed by atoms with van der Waals surface area (Å²) in [6, 6.07) is 0.727. The third kappa shape index (κ3) is 0.655. The van der Waals surface area contributed by atoms with Crippen molar-refractivity contribution in [3.05, 3.63) is 6.42 Å². The normalized spacial score (nSPS) is 32.8. The molecule has 1 radical (unpaired) electrons. The van der Waals surface area contributed by atoms with E-state index in [2.05, 4.69) is 23.2 Å². The Labute approximate surface area is 55.6 Å². The highest BCUT2D eigenvalue weighted by molar-refractivity contribution is 5.82. The minimum absolute atomic E-state index is 0.727. The molecular formula is C7H11N2. The van der Waals surface area contributed by atoms with Gasteiger partial charge in [-0.3, -0.25) is 4.99 Å². The molecule has 2 nitrogen and oxygen atoms in total. The van der Waals surface area contributed by atoms with E-state index in [0.29, 0.717) is 0 Å². The van der Waals surface area contributed by atoms with Gasteiger partial charge in [-0.25, -0.2) is 0 Å². The Hall–Kier alpha value is -0.530. The molecule has 0 aliphatic carbocycles. The second-order valence-electron chi connectivity index (χ2n) is 2.72. The molecule has 0 N–H and O–H groups in total. The van der Waals surface area contributed by atoms with E-state index in [0.717, 1.165) is 19.1 Å². The van der Waals surface area contributed by atoms with Gasteiger partial charge < -0.3 is 4.90 Å². The van der Waals surface area contributed by atoms with Crippen LogP contribution in [0.25, 0.3) is 0 Å². The zero-order valence-corrected chi connectivity index (χ0v) is 5.67. The average molecular weight is 123 g/mol. The van der Waals surface area contributed by atoms with E-state index >= 15 is 0 Å². The summed E-state index contributed by atoms with van der Waals surface area (Å²) < 4.78 is 0. The minimum Gasteiger partial charge on any atom is -0.355 e. The van der Waals surface area contributed by atoms with Crippen molar-refractivity contribution in [1.29, 1.82) is 0 Å². The molecule has 2 heterocycles. The fourth-order valence-electron chi connectivity index (χ4n) is 1.58. The zero-order chi connectivity index (χ0) is 6.27. The maximum atomic E-state index is 4.34. The molecule has 1 fully saturated rings. The lowest BCUT2D eigenvalue weighted by Crippen LogP contribution is -2.28. The van der Waals surface area contributed by atoms with Gasteiger partial charge >= 0.3 is 0 Å². The molecule has 49 valence electrons. The zero-order valence-electron chi connectivity index (χ0n) is 5.67. The molecule has 0 spiro atoms. The van der Waals surface area contributed by atoms with Crippen molar-refractivity contribution >= 4 is 5.84 Å². The lowest BCUT2D eigenvalue weighted by molar-refractivity contribution is 0.429. The molecule has 0 aromatic heterocycles. The van der Waals surface area contributed by atoms with E-state index in [1.807, 2.05) is 0 Å². The van der Waals surface area contributed by atoms with Crippen LogP contribution in [0.2, 0.25) is 0 Å². The van der Waals surface area contributed by atoms with E-state index in [-0.39, 0.29) is 0 Å². The minimum atomic E-state index is 0.727. The Morgan fingerprint density at radius 2 is 2.67 bits per heavy atom. The van der Waals surface area contributed by atoms with Crippen LogP contribution < -0.4 is 0 Å². The molecule has 2 aliphatic heterocycles. The van der Waals surface area contributed by atoms with Gasteiger partial charge in [0.05, 0.1) is 18.4 Å². The van der Waals surface area contributed by atoms with E-state index < -0.39 is 0 Å². The van der Waals surface area contributed by atoms with Crippen LogP contribution in [0.4, 0.5) is 0 Å². The standard InChI is InChI=1S/C7H11N2/c1-6-8-5-7-3-2-4-9(6)7/h2,7H,3-5H2,1H3. The summed E-state index contributed by atoms with van der Waals surface area (Å²) in [4.78, 5) is 6.72. The summed E-state index contributed by atoms with van der Waals surface area (Å²) in [5.41, 5.74) is 0. The van der Waals surface area contributed by atoms with E-state index in [9.17, 15) is 0 Å². The predicted octanol–water partition coefficient (Wildman–Crippen LogP) is 0.697. The highest BCUT2D eigenvalue weighted by Gasteiger charge is 2.28. The molecule has 9 heavy (non-hydrogen) atoms. The first-order valence-corrected chi connectivity index (χ1v) is 3.47. The topological polar surface area (TPSA) is 15.6 Å². The Balaban J connectivity index is 2.16. The van der Waals surface area contributed by atoms with Crippen molar-refractivity contribution < 1.29 is 0 Å². The second-order valence-corrected chi connectivity index (χ2v) is 2.72. The first kappa shape index (κ1) is 5.27. The fourth-order valence-corrected chi connectivity index (χ4v) is 1.58. The Morgan fingerprint density at radius 3 is 3.44 bits per heavy atom. The Bertz CT molecular complexity index is 151. The van der Waals surface area contributed by atoms with E-state index in [1.165, 1.54) is 12.3 Å². The SMILES string of the molecule is CC1=NCC2C[CH]CN12. The van der Waals surface area contributed by atoms with Gasteiger partial charge in [-0.2, -0.15) is 0 Å². The van der Waals surface area contributed by atoms with Crippen LogP contribution in [-0.2, 0) is 0 Å². The molecular weight excluding hydrogens is 112 g/mol. The average Bonchev–Trinajstić information content (AvgIpc) is 2.35. The maximum Gasteiger partial charge on any atom is 0.0961 e. The third-order valence-electron chi connectivity index (χ3n) is 2.15. The Morgan fingerprint density at radius 1 is 1.78 bits per heavy atom. The van der Waals surface area contributed by atoms with Crippen molar-refractivity contribution in [2.24, 2.45) is 4.99 Å². The van der Waals surface area contributed by atoms with Crippen molar-refractivity contribution in [3.63, 3.8) is 0 Å². The van der Waals surface area contributed by atoms with Crippen LogP contribution in [0.3, 0.4) is 0 Å². The molecule has 1 unspecified atom stereocenters. The fraction of sp³-hybridized carbons (Fsp3) is 0.714. The van der Waals surface area contributed by atoms with E-state index in [4.69, 9.17) is 0 Å². The maximum absolute atomic E-state index is 4.34. The van der Waals surface area contributed by atoms with Crippen LogP contribution in [0.5, 0.6) is 0 Å². The molecule has 0 bridgehead atoms. The lowest BCUT2D eigenvalue weighted by atomic mass is 10.2. The summed E-state index contributed by atoms with van der Waals surface area (Å²) in [5.74, 6) is 1.23. The van der Waals surface area contributed by atoms with Gasteiger partial charge in [-0.1, -0.05) is 0 Å². The number of nitrogens with zero attached hydrogens (tertiary/aromatic N) is 2. The lowest BCUT2D eigenvalue weighted by Gasteiger charge is -2.16. The van der Waals surface area contributed by atoms with Gasteiger partial charge in [0.2, 0.25) is 0 Å². The van der Waals surface area contributed by atoms with Crippen LogP contribution in [0, 0.1) is 6.42 Å². The third-order valence-corrected chi connectivity index (χ3v) is 2.15. The molecule has 0 amide bonds. The van der Waals surface area contributed by atoms with E-state index in [1.54, 1.807) is 0 Å².